The molecule has 84 valence electrons. The van der Waals surface area contributed by atoms with Crippen LogP contribution in [-0.2, 0) is 6.54 Å². The van der Waals surface area contributed by atoms with E-state index in [2.05, 4.69) is 29.9 Å². The largest absolute Gasteiger partial charge is 0.399 e. The molecule has 1 aromatic carbocycles. The van der Waals surface area contributed by atoms with Gasteiger partial charge < -0.3 is 11.1 Å². The van der Waals surface area contributed by atoms with Crippen molar-refractivity contribution in [2.24, 2.45) is 0 Å². The van der Waals surface area contributed by atoms with Gasteiger partial charge in [-0.2, -0.15) is 11.3 Å². The molecule has 0 amide bonds. The first-order chi connectivity index (χ1) is 7.66. The van der Waals surface area contributed by atoms with Crippen molar-refractivity contribution in [3.05, 3.63) is 45.6 Å². The number of benzene rings is 1. The highest BCUT2D eigenvalue weighted by Crippen LogP contribution is 2.20. The van der Waals surface area contributed by atoms with Crippen LogP contribution >= 0.6 is 11.3 Å². The molecule has 0 atom stereocenters. The Morgan fingerprint density at radius 1 is 1.19 bits per heavy atom. The van der Waals surface area contributed by atoms with E-state index in [1.165, 1.54) is 16.7 Å². The van der Waals surface area contributed by atoms with Crippen molar-refractivity contribution in [2.75, 3.05) is 11.1 Å². The zero-order valence-electron chi connectivity index (χ0n) is 9.58. The number of nitrogens with two attached hydrogens (primary N) is 1. The lowest BCUT2D eigenvalue weighted by atomic mass is 10.1. The molecule has 3 heteroatoms. The summed E-state index contributed by atoms with van der Waals surface area (Å²) in [5, 5.41) is 7.78. The Kier molecular flexibility index (Phi) is 3.15. The summed E-state index contributed by atoms with van der Waals surface area (Å²) in [4.78, 5) is 0. The quantitative estimate of drug-likeness (QED) is 0.794. The van der Waals surface area contributed by atoms with Crippen molar-refractivity contribution in [1.29, 1.82) is 0 Å². The van der Waals surface area contributed by atoms with E-state index >= 15 is 0 Å². The highest BCUT2D eigenvalue weighted by atomic mass is 32.1. The molecule has 2 rings (SSSR count). The number of rotatable bonds is 3. The van der Waals surface area contributed by atoms with Crippen molar-refractivity contribution in [3.63, 3.8) is 0 Å². The van der Waals surface area contributed by atoms with Crippen LogP contribution in [0.1, 0.15) is 16.7 Å². The lowest BCUT2D eigenvalue weighted by Crippen LogP contribution is -2.01. The third kappa shape index (κ3) is 2.36. The lowest BCUT2D eigenvalue weighted by Gasteiger charge is -2.10. The Morgan fingerprint density at radius 2 is 2.00 bits per heavy atom. The van der Waals surface area contributed by atoms with Gasteiger partial charge in [0.1, 0.15) is 0 Å². The summed E-state index contributed by atoms with van der Waals surface area (Å²) in [5.74, 6) is 0. The molecule has 2 nitrogen and oxygen atoms in total. The van der Waals surface area contributed by atoms with Gasteiger partial charge in [-0.1, -0.05) is 6.07 Å². The third-order valence-electron chi connectivity index (χ3n) is 2.69. The van der Waals surface area contributed by atoms with Gasteiger partial charge in [-0.15, -0.1) is 0 Å². The van der Waals surface area contributed by atoms with Crippen molar-refractivity contribution in [3.8, 4) is 0 Å². The zero-order chi connectivity index (χ0) is 11.5. The first kappa shape index (κ1) is 11.0. The van der Waals surface area contributed by atoms with Crippen LogP contribution in [0.5, 0.6) is 0 Å². The van der Waals surface area contributed by atoms with Crippen LogP contribution in [-0.4, -0.2) is 0 Å². The van der Waals surface area contributed by atoms with Gasteiger partial charge in [-0.25, -0.2) is 0 Å². The van der Waals surface area contributed by atoms with E-state index < -0.39 is 0 Å². The maximum Gasteiger partial charge on any atom is 0.0411 e. The predicted octanol–water partition coefficient (Wildman–Crippen LogP) is 3.56. The summed E-state index contributed by atoms with van der Waals surface area (Å²) in [6.45, 7) is 5.08. The predicted molar refractivity (Wildman–Crippen MR) is 72.0 cm³/mol. The summed E-state index contributed by atoms with van der Waals surface area (Å²) in [5.41, 5.74) is 11.6. The second kappa shape index (κ2) is 4.58. The van der Waals surface area contributed by atoms with Crippen molar-refractivity contribution in [1.82, 2.24) is 0 Å². The second-order valence-electron chi connectivity index (χ2n) is 4.01. The van der Waals surface area contributed by atoms with Gasteiger partial charge in [0.2, 0.25) is 0 Å². The van der Waals surface area contributed by atoms with E-state index in [1.807, 2.05) is 18.2 Å². The molecule has 16 heavy (non-hydrogen) atoms. The smallest absolute Gasteiger partial charge is 0.0411 e. The van der Waals surface area contributed by atoms with E-state index in [4.69, 9.17) is 5.73 Å². The first-order valence-electron chi connectivity index (χ1n) is 5.28. The zero-order valence-corrected chi connectivity index (χ0v) is 10.4. The minimum absolute atomic E-state index is 0.801. The van der Waals surface area contributed by atoms with Crippen LogP contribution in [0.25, 0.3) is 0 Å². The maximum absolute atomic E-state index is 5.77. The fourth-order valence-corrected chi connectivity index (χ4v) is 2.45. The number of nitrogen functional groups attached to an aromatic ring is 1. The summed E-state index contributed by atoms with van der Waals surface area (Å²) in [7, 11) is 0. The number of anilines is 2. The SMILES string of the molecule is Cc1cscc1CNc1cc(N)ccc1C. The van der Waals surface area contributed by atoms with Crippen LogP contribution in [0.2, 0.25) is 0 Å². The molecule has 1 aromatic heterocycles. The number of hydrogen-bond donors (Lipinski definition) is 2. The van der Waals surface area contributed by atoms with Crippen LogP contribution in [0.15, 0.2) is 29.0 Å². The molecular formula is C13H16N2S. The monoisotopic (exact) mass is 232 g/mol. The topological polar surface area (TPSA) is 38.0 Å². The molecule has 0 bridgehead atoms. The Balaban J connectivity index is 2.10. The van der Waals surface area contributed by atoms with Gasteiger partial charge in [-0.3, -0.25) is 0 Å². The Hall–Kier alpha value is -1.48. The molecule has 0 spiro atoms. The Morgan fingerprint density at radius 3 is 2.69 bits per heavy atom. The first-order valence-corrected chi connectivity index (χ1v) is 6.23. The fourth-order valence-electron chi connectivity index (χ4n) is 1.59. The minimum atomic E-state index is 0.801. The highest BCUT2D eigenvalue weighted by Gasteiger charge is 2.01. The van der Waals surface area contributed by atoms with E-state index in [9.17, 15) is 0 Å². The number of thiophene rings is 1. The van der Waals surface area contributed by atoms with Gasteiger partial charge >= 0.3 is 0 Å². The molecular weight excluding hydrogens is 216 g/mol. The van der Waals surface area contributed by atoms with Gasteiger partial charge in [0, 0.05) is 17.9 Å². The molecule has 0 unspecified atom stereocenters. The standard InChI is InChI=1S/C13H16N2S/c1-9-3-4-12(14)5-13(9)15-6-11-8-16-7-10(11)2/h3-5,7-8,15H,6,14H2,1-2H3. The van der Waals surface area contributed by atoms with Crippen LogP contribution in [0.4, 0.5) is 11.4 Å². The van der Waals surface area contributed by atoms with Crippen LogP contribution in [0, 0.1) is 13.8 Å². The van der Waals surface area contributed by atoms with Crippen molar-refractivity contribution >= 4 is 22.7 Å². The molecule has 3 N–H and O–H groups in total. The average Bonchev–Trinajstić information content (AvgIpc) is 2.66. The Bertz CT molecular complexity index is 488. The van der Waals surface area contributed by atoms with Gasteiger partial charge in [0.15, 0.2) is 0 Å². The Labute approximate surface area is 100 Å². The van der Waals surface area contributed by atoms with E-state index in [-0.39, 0.29) is 0 Å². The molecule has 2 aromatic rings. The summed E-state index contributed by atoms with van der Waals surface area (Å²) >= 11 is 1.74. The number of hydrogen-bond acceptors (Lipinski definition) is 3. The second-order valence-corrected chi connectivity index (χ2v) is 4.75. The fraction of sp³-hybridized carbons (Fsp3) is 0.231. The summed E-state index contributed by atoms with van der Waals surface area (Å²) in [6, 6.07) is 5.95. The molecule has 0 saturated heterocycles. The van der Waals surface area contributed by atoms with E-state index in [0.717, 1.165) is 17.9 Å². The summed E-state index contributed by atoms with van der Waals surface area (Å²) in [6.07, 6.45) is 0. The van der Waals surface area contributed by atoms with Gasteiger partial charge in [0.25, 0.3) is 0 Å². The summed E-state index contributed by atoms with van der Waals surface area (Å²) < 4.78 is 0. The highest BCUT2D eigenvalue weighted by molar-refractivity contribution is 7.08. The molecule has 0 saturated carbocycles. The van der Waals surface area contributed by atoms with Gasteiger partial charge in [0.05, 0.1) is 0 Å². The minimum Gasteiger partial charge on any atom is -0.399 e. The average molecular weight is 232 g/mol. The van der Waals surface area contributed by atoms with Crippen molar-refractivity contribution in [2.45, 2.75) is 20.4 Å². The molecule has 1 heterocycles. The molecule has 0 aliphatic rings. The van der Waals surface area contributed by atoms with E-state index in [1.54, 1.807) is 11.3 Å². The van der Waals surface area contributed by atoms with Crippen LogP contribution < -0.4 is 11.1 Å². The van der Waals surface area contributed by atoms with Gasteiger partial charge in [-0.05, 0) is 53.4 Å². The molecule has 0 aliphatic heterocycles. The number of nitrogens with one attached hydrogen (secondary N) is 1. The van der Waals surface area contributed by atoms with E-state index in [0.29, 0.717) is 0 Å². The third-order valence-corrected chi connectivity index (χ3v) is 3.60. The maximum atomic E-state index is 5.77. The lowest BCUT2D eigenvalue weighted by molar-refractivity contribution is 1.13. The normalized spacial score (nSPS) is 10.4. The molecule has 0 aliphatic carbocycles. The van der Waals surface area contributed by atoms with Crippen LogP contribution in [0.3, 0.4) is 0 Å². The molecule has 0 fully saturated rings. The number of aryl methyl sites for hydroxylation is 2. The van der Waals surface area contributed by atoms with Crippen molar-refractivity contribution < 1.29 is 0 Å². The molecule has 0 radical (unpaired) electrons.